The predicted molar refractivity (Wildman–Crippen MR) is 84.6 cm³/mol. The smallest absolute Gasteiger partial charge is 0.306 e. The Morgan fingerprint density at radius 3 is 2.48 bits per heavy atom. The molecule has 0 aliphatic carbocycles. The fourth-order valence-corrected chi connectivity index (χ4v) is 4.18. The average molecular weight is 378 g/mol. The molecule has 118 valence electrons. The third-order valence-electron chi connectivity index (χ3n) is 3.18. The van der Waals surface area contributed by atoms with Crippen LogP contribution in [0, 0.1) is 5.92 Å². The normalized spacial score (nSPS) is 14.6. The predicted octanol–water partition coefficient (Wildman–Crippen LogP) is 3.01. The lowest BCUT2D eigenvalue weighted by molar-refractivity contribution is -0.141. The lowest BCUT2D eigenvalue weighted by Gasteiger charge is -2.15. The first kappa shape index (κ1) is 18.1. The van der Waals surface area contributed by atoms with Crippen molar-refractivity contribution < 1.29 is 18.3 Å². The Morgan fingerprint density at radius 1 is 1.29 bits per heavy atom. The van der Waals surface area contributed by atoms with E-state index in [1.807, 2.05) is 0 Å². The van der Waals surface area contributed by atoms with Crippen molar-refractivity contribution in [1.82, 2.24) is 4.72 Å². The minimum absolute atomic E-state index is 0.204. The highest BCUT2D eigenvalue weighted by molar-refractivity contribution is 9.10. The van der Waals surface area contributed by atoms with E-state index in [1.54, 1.807) is 32.0 Å². The van der Waals surface area contributed by atoms with Gasteiger partial charge in [-0.1, -0.05) is 25.5 Å². The van der Waals surface area contributed by atoms with E-state index in [0.717, 1.165) is 0 Å². The van der Waals surface area contributed by atoms with Crippen LogP contribution in [0.3, 0.4) is 0 Å². The molecule has 2 unspecified atom stereocenters. The van der Waals surface area contributed by atoms with Gasteiger partial charge in [-0.3, -0.25) is 4.79 Å². The molecule has 0 saturated carbocycles. The summed E-state index contributed by atoms with van der Waals surface area (Å²) in [6.07, 6.45) is 1.80. The summed E-state index contributed by atoms with van der Waals surface area (Å²) >= 11 is 3.23. The van der Waals surface area contributed by atoms with Crippen LogP contribution in [0.15, 0.2) is 33.6 Å². The second-order valence-electron chi connectivity index (χ2n) is 5.12. The number of benzene rings is 1. The first-order valence-corrected chi connectivity index (χ1v) is 9.01. The molecule has 0 saturated heterocycles. The number of hydrogen-bond donors (Lipinski definition) is 2. The monoisotopic (exact) mass is 377 g/mol. The van der Waals surface area contributed by atoms with E-state index < -0.39 is 21.9 Å². The number of rotatable bonds is 8. The van der Waals surface area contributed by atoms with Gasteiger partial charge >= 0.3 is 5.97 Å². The van der Waals surface area contributed by atoms with Crippen LogP contribution in [-0.2, 0) is 14.8 Å². The molecular weight excluding hydrogens is 358 g/mol. The van der Waals surface area contributed by atoms with Crippen LogP contribution in [-0.4, -0.2) is 25.5 Å². The molecule has 0 heterocycles. The van der Waals surface area contributed by atoms with Crippen molar-refractivity contribution >= 4 is 31.9 Å². The number of nitrogens with one attached hydrogen (secondary N) is 1. The second kappa shape index (κ2) is 7.91. The molecule has 0 aliphatic rings. The molecule has 7 heteroatoms. The van der Waals surface area contributed by atoms with E-state index >= 15 is 0 Å². The van der Waals surface area contributed by atoms with Gasteiger partial charge < -0.3 is 5.11 Å². The minimum atomic E-state index is -3.57. The molecule has 0 amide bonds. The number of halogens is 1. The summed E-state index contributed by atoms with van der Waals surface area (Å²) in [6, 6.07) is 6.38. The van der Waals surface area contributed by atoms with Crippen LogP contribution < -0.4 is 4.72 Å². The van der Waals surface area contributed by atoms with Gasteiger partial charge in [-0.2, -0.15) is 0 Å². The number of aliphatic carboxylic acids is 1. The molecule has 0 fully saturated rings. The van der Waals surface area contributed by atoms with E-state index in [9.17, 15) is 13.2 Å². The summed E-state index contributed by atoms with van der Waals surface area (Å²) in [5.74, 6) is -1.23. The molecule has 5 nitrogen and oxygen atoms in total. The third-order valence-corrected chi connectivity index (χ3v) is 5.78. The number of hydrogen-bond acceptors (Lipinski definition) is 3. The zero-order valence-corrected chi connectivity index (χ0v) is 14.4. The lowest BCUT2D eigenvalue weighted by Crippen LogP contribution is -2.32. The van der Waals surface area contributed by atoms with Crippen molar-refractivity contribution in [2.45, 2.75) is 44.0 Å². The van der Waals surface area contributed by atoms with Gasteiger partial charge in [0.15, 0.2) is 0 Å². The highest BCUT2D eigenvalue weighted by Crippen LogP contribution is 2.21. The summed E-state index contributed by atoms with van der Waals surface area (Å²) in [5.41, 5.74) is 0. The molecule has 0 spiro atoms. The van der Waals surface area contributed by atoms with Crippen LogP contribution in [0.25, 0.3) is 0 Å². The highest BCUT2D eigenvalue weighted by atomic mass is 79.9. The summed E-state index contributed by atoms with van der Waals surface area (Å²) in [5, 5.41) is 8.80. The van der Waals surface area contributed by atoms with Crippen LogP contribution in [0.4, 0.5) is 0 Å². The zero-order valence-electron chi connectivity index (χ0n) is 12.0. The van der Waals surface area contributed by atoms with Crippen LogP contribution in [0.5, 0.6) is 0 Å². The highest BCUT2D eigenvalue weighted by Gasteiger charge is 2.20. The molecular formula is C14H20BrNO4S. The van der Waals surface area contributed by atoms with Crippen molar-refractivity contribution in [3.63, 3.8) is 0 Å². The van der Waals surface area contributed by atoms with Gasteiger partial charge in [0.2, 0.25) is 10.0 Å². The Labute approximate surface area is 133 Å². The third kappa shape index (κ3) is 5.76. The Morgan fingerprint density at radius 2 is 1.90 bits per heavy atom. The zero-order chi connectivity index (χ0) is 16.0. The Bertz CT molecular complexity index is 588. The molecule has 1 aromatic rings. The quantitative estimate of drug-likeness (QED) is 0.729. The second-order valence-corrected chi connectivity index (χ2v) is 7.66. The number of carboxylic acid groups (broad SMARTS) is 1. The molecule has 0 aromatic heterocycles. The summed E-state index contributed by atoms with van der Waals surface area (Å²) < 4.78 is 27.6. The maximum Gasteiger partial charge on any atom is 0.306 e. The van der Waals surface area contributed by atoms with E-state index in [4.69, 9.17) is 5.11 Å². The molecule has 2 N–H and O–H groups in total. The van der Waals surface area contributed by atoms with E-state index in [0.29, 0.717) is 23.7 Å². The molecule has 1 aromatic carbocycles. The van der Waals surface area contributed by atoms with Crippen molar-refractivity contribution in [3.8, 4) is 0 Å². The minimum Gasteiger partial charge on any atom is -0.481 e. The molecule has 2 atom stereocenters. The summed E-state index contributed by atoms with van der Waals surface area (Å²) in [4.78, 5) is 10.9. The van der Waals surface area contributed by atoms with Gasteiger partial charge in [0.25, 0.3) is 0 Å². The number of carbonyl (C=O) groups is 1. The van der Waals surface area contributed by atoms with Gasteiger partial charge in [0.05, 0.1) is 10.8 Å². The van der Waals surface area contributed by atoms with Gasteiger partial charge in [-0.25, -0.2) is 13.1 Å². The van der Waals surface area contributed by atoms with Crippen molar-refractivity contribution in [3.05, 3.63) is 28.7 Å². The maximum absolute atomic E-state index is 12.2. The number of sulfonamides is 1. The van der Waals surface area contributed by atoms with Gasteiger partial charge in [0, 0.05) is 10.5 Å². The molecule has 1 rings (SSSR count). The fourth-order valence-electron chi connectivity index (χ4n) is 1.90. The fraction of sp³-hybridized carbons (Fsp3) is 0.500. The average Bonchev–Trinajstić information content (AvgIpc) is 2.38. The summed E-state index contributed by atoms with van der Waals surface area (Å²) in [6.45, 7) is 3.43. The van der Waals surface area contributed by atoms with Crippen molar-refractivity contribution in [1.29, 1.82) is 0 Å². The van der Waals surface area contributed by atoms with E-state index in [-0.39, 0.29) is 10.9 Å². The van der Waals surface area contributed by atoms with Crippen LogP contribution >= 0.6 is 15.9 Å². The molecule has 0 aliphatic heterocycles. The first-order valence-electron chi connectivity index (χ1n) is 6.73. The van der Waals surface area contributed by atoms with Gasteiger partial charge in [-0.15, -0.1) is 0 Å². The SMILES string of the molecule is CC(CCCC(C)C(=O)O)NS(=O)(=O)c1ccccc1Br. The van der Waals surface area contributed by atoms with Crippen LogP contribution in [0.1, 0.15) is 33.1 Å². The topological polar surface area (TPSA) is 83.5 Å². The molecule has 21 heavy (non-hydrogen) atoms. The first-order chi connectivity index (χ1) is 9.74. The largest absolute Gasteiger partial charge is 0.481 e. The standard InChI is InChI=1S/C14H20BrNO4S/c1-10(14(17)18)6-5-7-11(2)16-21(19,20)13-9-4-3-8-12(13)15/h3-4,8-11,16H,5-7H2,1-2H3,(H,17,18). The Hall–Kier alpha value is -0.920. The van der Waals surface area contributed by atoms with E-state index in [2.05, 4.69) is 20.7 Å². The Kier molecular flexibility index (Phi) is 6.83. The molecule has 0 radical (unpaired) electrons. The van der Waals surface area contributed by atoms with E-state index in [1.165, 1.54) is 6.07 Å². The van der Waals surface area contributed by atoms with Gasteiger partial charge in [0.1, 0.15) is 0 Å². The van der Waals surface area contributed by atoms with Crippen LogP contribution in [0.2, 0.25) is 0 Å². The van der Waals surface area contributed by atoms with Crippen molar-refractivity contribution in [2.24, 2.45) is 5.92 Å². The van der Waals surface area contributed by atoms with Gasteiger partial charge in [-0.05, 0) is 47.8 Å². The Balaban J connectivity index is 2.56. The summed E-state index contributed by atoms with van der Waals surface area (Å²) in [7, 11) is -3.57. The number of carboxylic acids is 1. The lowest BCUT2D eigenvalue weighted by atomic mass is 10.0. The maximum atomic E-state index is 12.2. The molecule has 0 bridgehead atoms. The van der Waals surface area contributed by atoms with Crippen molar-refractivity contribution in [2.75, 3.05) is 0 Å².